The zero-order valence-electron chi connectivity index (χ0n) is 16.2. The van der Waals surface area contributed by atoms with E-state index in [-0.39, 0.29) is 18.0 Å². The van der Waals surface area contributed by atoms with Crippen LogP contribution < -0.4 is 10.0 Å². The van der Waals surface area contributed by atoms with Gasteiger partial charge in [-0.1, -0.05) is 41.9 Å². The molecular formula is C22H18ClFN4O2S. The third-order valence-corrected chi connectivity index (χ3v) is 6.24. The van der Waals surface area contributed by atoms with E-state index in [4.69, 9.17) is 11.6 Å². The minimum atomic E-state index is -3.74. The van der Waals surface area contributed by atoms with E-state index in [1.54, 1.807) is 12.1 Å². The number of anilines is 1. The molecule has 158 valence electrons. The Morgan fingerprint density at radius 1 is 0.903 bits per heavy atom. The molecule has 31 heavy (non-hydrogen) atoms. The maximum absolute atomic E-state index is 13.0. The largest absolute Gasteiger partial charge is 0.368 e. The number of fused-ring (bicyclic) bond motifs is 1. The summed E-state index contributed by atoms with van der Waals surface area (Å²) in [5.41, 5.74) is 1.53. The monoisotopic (exact) mass is 456 g/mol. The Hall–Kier alpha value is -3.07. The first kappa shape index (κ1) is 21.2. The molecule has 6 nitrogen and oxygen atoms in total. The molecule has 0 fully saturated rings. The topological polar surface area (TPSA) is 84.0 Å². The summed E-state index contributed by atoms with van der Waals surface area (Å²) in [5, 5.41) is 4.50. The minimum Gasteiger partial charge on any atom is -0.368 e. The summed E-state index contributed by atoms with van der Waals surface area (Å²) in [6, 6.07) is 19.5. The average Bonchev–Trinajstić information content (AvgIpc) is 2.77. The van der Waals surface area contributed by atoms with Crippen LogP contribution in [0.4, 0.5) is 10.2 Å². The van der Waals surface area contributed by atoms with E-state index in [2.05, 4.69) is 20.0 Å². The highest BCUT2D eigenvalue weighted by atomic mass is 35.5. The van der Waals surface area contributed by atoms with Gasteiger partial charge >= 0.3 is 0 Å². The number of benzene rings is 3. The Balaban J connectivity index is 1.53. The van der Waals surface area contributed by atoms with Crippen LogP contribution in [0.1, 0.15) is 0 Å². The maximum atomic E-state index is 13.0. The Kier molecular flexibility index (Phi) is 6.13. The van der Waals surface area contributed by atoms with E-state index < -0.39 is 15.8 Å². The lowest BCUT2D eigenvalue weighted by Gasteiger charge is -2.12. The first-order valence-electron chi connectivity index (χ1n) is 9.44. The summed E-state index contributed by atoms with van der Waals surface area (Å²) in [6.07, 6.45) is 0. The molecule has 0 unspecified atom stereocenters. The normalized spacial score (nSPS) is 11.5. The van der Waals surface area contributed by atoms with Crippen LogP contribution in [0.25, 0.3) is 22.3 Å². The number of hydrogen-bond acceptors (Lipinski definition) is 5. The molecule has 2 N–H and O–H groups in total. The Labute approximate surface area is 184 Å². The van der Waals surface area contributed by atoms with Crippen LogP contribution in [0.2, 0.25) is 5.02 Å². The number of halogens is 2. The molecule has 0 radical (unpaired) electrons. The van der Waals surface area contributed by atoms with Gasteiger partial charge < -0.3 is 5.32 Å². The SMILES string of the molecule is O=S(=O)(NCCNc1nc(-c2ccccc2)nc2cc(Cl)ccc12)c1ccc(F)cc1. The smallest absolute Gasteiger partial charge is 0.240 e. The Morgan fingerprint density at radius 3 is 2.39 bits per heavy atom. The molecule has 0 aliphatic heterocycles. The van der Waals surface area contributed by atoms with Crippen molar-refractivity contribution in [2.45, 2.75) is 4.90 Å². The number of aromatic nitrogens is 2. The number of nitrogens with one attached hydrogen (secondary N) is 2. The summed E-state index contributed by atoms with van der Waals surface area (Å²) in [6.45, 7) is 0.392. The molecule has 0 aliphatic carbocycles. The Bertz CT molecular complexity index is 1320. The number of hydrogen-bond donors (Lipinski definition) is 2. The van der Waals surface area contributed by atoms with Crippen molar-refractivity contribution in [1.82, 2.24) is 14.7 Å². The third kappa shape index (κ3) is 4.99. The second-order valence-electron chi connectivity index (χ2n) is 6.70. The fourth-order valence-electron chi connectivity index (χ4n) is 3.02. The lowest BCUT2D eigenvalue weighted by Crippen LogP contribution is -2.29. The Morgan fingerprint density at radius 2 is 1.65 bits per heavy atom. The summed E-state index contributed by atoms with van der Waals surface area (Å²) in [7, 11) is -3.74. The highest BCUT2D eigenvalue weighted by Gasteiger charge is 2.14. The highest BCUT2D eigenvalue weighted by molar-refractivity contribution is 7.89. The zero-order valence-corrected chi connectivity index (χ0v) is 17.8. The van der Waals surface area contributed by atoms with Crippen molar-refractivity contribution in [3.05, 3.63) is 83.6 Å². The van der Waals surface area contributed by atoms with Crippen LogP contribution in [-0.2, 0) is 10.0 Å². The highest BCUT2D eigenvalue weighted by Crippen LogP contribution is 2.27. The van der Waals surface area contributed by atoms with E-state index >= 15 is 0 Å². The first-order valence-corrected chi connectivity index (χ1v) is 11.3. The van der Waals surface area contributed by atoms with Gasteiger partial charge in [0.1, 0.15) is 11.6 Å². The molecule has 0 bridgehead atoms. The van der Waals surface area contributed by atoms with Gasteiger partial charge in [-0.05, 0) is 42.5 Å². The van der Waals surface area contributed by atoms with Crippen LogP contribution in [0.3, 0.4) is 0 Å². The van der Waals surface area contributed by atoms with Crippen LogP contribution in [0.15, 0.2) is 77.7 Å². The van der Waals surface area contributed by atoms with Gasteiger partial charge in [0.25, 0.3) is 0 Å². The van der Waals surface area contributed by atoms with Crippen molar-refractivity contribution in [2.24, 2.45) is 0 Å². The van der Waals surface area contributed by atoms with Crippen LogP contribution >= 0.6 is 11.6 Å². The number of sulfonamides is 1. The molecule has 0 saturated heterocycles. The van der Waals surface area contributed by atoms with Crippen molar-refractivity contribution in [3.8, 4) is 11.4 Å². The van der Waals surface area contributed by atoms with Gasteiger partial charge in [-0.25, -0.2) is 27.5 Å². The average molecular weight is 457 g/mol. The fourth-order valence-corrected chi connectivity index (χ4v) is 4.22. The fraction of sp³-hybridized carbons (Fsp3) is 0.0909. The van der Waals surface area contributed by atoms with Crippen molar-refractivity contribution in [3.63, 3.8) is 0 Å². The van der Waals surface area contributed by atoms with E-state index in [9.17, 15) is 12.8 Å². The summed E-state index contributed by atoms with van der Waals surface area (Å²) < 4.78 is 40.2. The zero-order chi connectivity index (χ0) is 21.8. The summed E-state index contributed by atoms with van der Waals surface area (Å²) in [4.78, 5) is 9.22. The van der Waals surface area contributed by atoms with Gasteiger partial charge in [-0.2, -0.15) is 0 Å². The number of nitrogens with zero attached hydrogens (tertiary/aromatic N) is 2. The second kappa shape index (κ2) is 8.97. The molecule has 0 saturated carbocycles. The second-order valence-corrected chi connectivity index (χ2v) is 8.91. The van der Waals surface area contributed by atoms with Gasteiger partial charge in [-0.3, -0.25) is 0 Å². The third-order valence-electron chi connectivity index (χ3n) is 4.52. The molecule has 1 heterocycles. The van der Waals surface area contributed by atoms with Gasteiger partial charge in [0.05, 0.1) is 10.4 Å². The molecule has 3 aromatic carbocycles. The van der Waals surface area contributed by atoms with E-state index in [0.29, 0.717) is 22.2 Å². The van der Waals surface area contributed by atoms with E-state index in [1.165, 1.54) is 12.1 Å². The van der Waals surface area contributed by atoms with E-state index in [0.717, 1.165) is 23.1 Å². The summed E-state index contributed by atoms with van der Waals surface area (Å²) >= 11 is 6.13. The standard InChI is InChI=1S/C22H18ClFN4O2S/c23-16-6-11-19-20(14-16)27-21(15-4-2-1-3-5-15)28-22(19)25-12-13-26-31(29,30)18-9-7-17(24)8-10-18/h1-11,14,26H,12-13H2,(H,25,27,28). The predicted octanol–water partition coefficient (Wildman–Crippen LogP) is 4.48. The molecule has 0 aliphatic rings. The van der Waals surface area contributed by atoms with Gasteiger partial charge in [0, 0.05) is 29.1 Å². The quantitative estimate of drug-likeness (QED) is 0.400. The minimum absolute atomic E-state index is 0.00221. The van der Waals surface area contributed by atoms with Gasteiger partial charge in [0.15, 0.2) is 5.82 Å². The van der Waals surface area contributed by atoms with Crippen molar-refractivity contribution in [1.29, 1.82) is 0 Å². The molecule has 0 spiro atoms. The van der Waals surface area contributed by atoms with Crippen molar-refractivity contribution in [2.75, 3.05) is 18.4 Å². The van der Waals surface area contributed by atoms with Gasteiger partial charge in [-0.15, -0.1) is 0 Å². The van der Waals surface area contributed by atoms with Crippen LogP contribution in [-0.4, -0.2) is 31.5 Å². The molecule has 0 atom stereocenters. The molecule has 4 rings (SSSR count). The lowest BCUT2D eigenvalue weighted by molar-refractivity contribution is 0.582. The maximum Gasteiger partial charge on any atom is 0.240 e. The molecule has 9 heteroatoms. The van der Waals surface area contributed by atoms with Crippen LogP contribution in [0, 0.1) is 5.82 Å². The van der Waals surface area contributed by atoms with Crippen LogP contribution in [0.5, 0.6) is 0 Å². The van der Waals surface area contributed by atoms with Crippen molar-refractivity contribution >= 4 is 38.3 Å². The summed E-state index contributed by atoms with van der Waals surface area (Å²) in [5.74, 6) is 0.608. The molecule has 0 amide bonds. The first-order chi connectivity index (χ1) is 14.9. The molecule has 4 aromatic rings. The lowest BCUT2D eigenvalue weighted by atomic mass is 10.2. The predicted molar refractivity (Wildman–Crippen MR) is 120 cm³/mol. The molecular weight excluding hydrogens is 439 g/mol. The molecule has 1 aromatic heterocycles. The number of rotatable bonds is 7. The van der Waals surface area contributed by atoms with E-state index in [1.807, 2.05) is 36.4 Å². The van der Waals surface area contributed by atoms with Gasteiger partial charge in [0.2, 0.25) is 10.0 Å². The van der Waals surface area contributed by atoms with Crippen molar-refractivity contribution < 1.29 is 12.8 Å².